The zero-order valence-corrected chi connectivity index (χ0v) is 17.1. The molecule has 3 N–H and O–H groups in total. The maximum Gasteiger partial charge on any atom is 0.267 e. The van der Waals surface area contributed by atoms with Crippen molar-refractivity contribution in [2.45, 2.75) is 13.8 Å². The first kappa shape index (κ1) is 19.0. The Morgan fingerprint density at radius 1 is 1.21 bits per heavy atom. The van der Waals surface area contributed by atoms with Crippen molar-refractivity contribution in [3.63, 3.8) is 0 Å². The van der Waals surface area contributed by atoms with Crippen molar-refractivity contribution in [2.75, 3.05) is 10.6 Å². The largest absolute Gasteiger partial charge is 0.320 e. The number of rotatable bonds is 5. The van der Waals surface area contributed by atoms with E-state index in [-0.39, 0.29) is 5.91 Å². The highest BCUT2D eigenvalue weighted by Gasteiger charge is 2.15. The number of aromatic amines is 1. The van der Waals surface area contributed by atoms with Gasteiger partial charge in [-0.2, -0.15) is 5.10 Å². The Bertz CT molecular complexity index is 1150. The van der Waals surface area contributed by atoms with E-state index in [2.05, 4.69) is 35.8 Å². The van der Waals surface area contributed by atoms with Gasteiger partial charge in [-0.3, -0.25) is 9.89 Å². The summed E-state index contributed by atoms with van der Waals surface area (Å²) >= 11 is 7.41. The second-order valence-electron chi connectivity index (χ2n) is 6.21. The minimum absolute atomic E-state index is 0.273. The molecule has 0 radical (unpaired) electrons. The van der Waals surface area contributed by atoms with Gasteiger partial charge in [0.2, 0.25) is 0 Å². The van der Waals surface area contributed by atoms with E-state index in [1.807, 2.05) is 19.1 Å². The number of hydrogen-bond donors (Lipinski definition) is 3. The molecule has 146 valence electrons. The zero-order chi connectivity index (χ0) is 20.4. The number of aromatic nitrogens is 5. The van der Waals surface area contributed by atoms with Gasteiger partial charge in [-0.25, -0.2) is 15.0 Å². The zero-order valence-electron chi connectivity index (χ0n) is 15.5. The standard InChI is InChI=1S/C19H16ClN7OS/c1-10-4-3-5-13(20)17(10)27-18(28)15-9-21-19(29-15)26-16-6-14(24-11(2)25-16)12-7-22-23-8-12/h3-9H,1-2H3,(H,22,23)(H,27,28)(H,21,24,25,26). The third kappa shape index (κ3) is 4.25. The fourth-order valence-corrected chi connectivity index (χ4v) is 3.67. The number of para-hydroxylation sites is 1. The lowest BCUT2D eigenvalue weighted by atomic mass is 10.2. The maximum absolute atomic E-state index is 12.6. The van der Waals surface area contributed by atoms with Crippen molar-refractivity contribution in [2.24, 2.45) is 0 Å². The van der Waals surface area contributed by atoms with Crippen molar-refractivity contribution >= 4 is 45.5 Å². The summed E-state index contributed by atoms with van der Waals surface area (Å²) in [4.78, 5) is 26.1. The molecule has 0 unspecified atom stereocenters. The summed E-state index contributed by atoms with van der Waals surface area (Å²) < 4.78 is 0. The molecule has 4 aromatic rings. The molecule has 3 aromatic heterocycles. The molecule has 0 saturated carbocycles. The summed E-state index contributed by atoms with van der Waals surface area (Å²) in [5.74, 6) is 0.913. The molecule has 0 aliphatic carbocycles. The number of carbonyl (C=O) groups is 1. The van der Waals surface area contributed by atoms with Crippen molar-refractivity contribution < 1.29 is 4.79 Å². The summed E-state index contributed by atoms with van der Waals surface area (Å²) in [6.07, 6.45) is 4.96. The number of hydrogen-bond acceptors (Lipinski definition) is 7. The number of anilines is 3. The molecule has 3 heterocycles. The Kier molecular flexibility index (Phi) is 5.24. The van der Waals surface area contributed by atoms with Crippen LogP contribution < -0.4 is 10.6 Å². The van der Waals surface area contributed by atoms with Crippen LogP contribution in [-0.4, -0.2) is 31.1 Å². The fraction of sp³-hybridized carbons (Fsp3) is 0.105. The van der Waals surface area contributed by atoms with Crippen LogP contribution in [-0.2, 0) is 0 Å². The molecule has 29 heavy (non-hydrogen) atoms. The van der Waals surface area contributed by atoms with E-state index in [9.17, 15) is 4.79 Å². The number of benzene rings is 1. The summed E-state index contributed by atoms with van der Waals surface area (Å²) in [6, 6.07) is 7.25. The first-order valence-electron chi connectivity index (χ1n) is 8.64. The van der Waals surface area contributed by atoms with Crippen LogP contribution in [0.15, 0.2) is 42.9 Å². The molecule has 4 rings (SSSR count). The average Bonchev–Trinajstić information content (AvgIpc) is 3.36. The Hall–Kier alpha value is -3.30. The summed E-state index contributed by atoms with van der Waals surface area (Å²) in [7, 11) is 0. The van der Waals surface area contributed by atoms with E-state index in [1.165, 1.54) is 17.5 Å². The quantitative estimate of drug-likeness (QED) is 0.431. The minimum atomic E-state index is -0.273. The highest BCUT2D eigenvalue weighted by Crippen LogP contribution is 2.28. The molecule has 8 nitrogen and oxygen atoms in total. The van der Waals surface area contributed by atoms with E-state index in [0.29, 0.717) is 32.4 Å². The van der Waals surface area contributed by atoms with E-state index >= 15 is 0 Å². The van der Waals surface area contributed by atoms with Gasteiger partial charge in [-0.1, -0.05) is 35.1 Å². The molecule has 0 saturated heterocycles. The highest BCUT2D eigenvalue weighted by atomic mass is 35.5. The Morgan fingerprint density at radius 3 is 2.83 bits per heavy atom. The molecule has 0 bridgehead atoms. The molecule has 0 aliphatic heterocycles. The third-order valence-corrected chi connectivity index (χ3v) is 5.28. The van der Waals surface area contributed by atoms with Gasteiger partial charge < -0.3 is 10.6 Å². The number of carbonyl (C=O) groups excluding carboxylic acids is 1. The lowest BCUT2D eigenvalue weighted by Gasteiger charge is -2.08. The minimum Gasteiger partial charge on any atom is -0.320 e. The number of H-pyrrole nitrogens is 1. The predicted molar refractivity (Wildman–Crippen MR) is 114 cm³/mol. The molecular formula is C19H16ClN7OS. The number of thiazole rings is 1. The fourth-order valence-electron chi connectivity index (χ4n) is 2.68. The van der Waals surface area contributed by atoms with Crippen LogP contribution in [0.2, 0.25) is 5.02 Å². The number of nitrogens with one attached hydrogen (secondary N) is 3. The second-order valence-corrected chi connectivity index (χ2v) is 7.65. The van der Waals surface area contributed by atoms with Gasteiger partial charge in [0.1, 0.15) is 16.5 Å². The van der Waals surface area contributed by atoms with E-state index in [1.54, 1.807) is 31.5 Å². The first-order valence-corrected chi connectivity index (χ1v) is 9.83. The highest BCUT2D eigenvalue weighted by molar-refractivity contribution is 7.17. The van der Waals surface area contributed by atoms with Crippen LogP contribution in [0.25, 0.3) is 11.3 Å². The number of nitrogens with zero attached hydrogens (tertiary/aromatic N) is 4. The van der Waals surface area contributed by atoms with Crippen molar-refractivity contribution in [3.8, 4) is 11.3 Å². The molecule has 0 fully saturated rings. The van der Waals surface area contributed by atoms with Crippen LogP contribution in [0.3, 0.4) is 0 Å². The number of aryl methyl sites for hydroxylation is 2. The summed E-state index contributed by atoms with van der Waals surface area (Å²) in [5.41, 5.74) is 3.07. The molecule has 10 heteroatoms. The molecule has 0 spiro atoms. The Morgan fingerprint density at radius 2 is 2.07 bits per heavy atom. The van der Waals surface area contributed by atoms with Gasteiger partial charge in [0.25, 0.3) is 5.91 Å². The molecule has 1 aromatic carbocycles. The van der Waals surface area contributed by atoms with E-state index < -0.39 is 0 Å². The van der Waals surface area contributed by atoms with Crippen LogP contribution >= 0.6 is 22.9 Å². The molecule has 1 amide bonds. The topological polar surface area (TPSA) is 108 Å². The lowest BCUT2D eigenvalue weighted by molar-refractivity contribution is 0.103. The van der Waals surface area contributed by atoms with Gasteiger partial charge in [0.05, 0.1) is 28.8 Å². The van der Waals surface area contributed by atoms with Gasteiger partial charge in [-0.15, -0.1) is 0 Å². The maximum atomic E-state index is 12.6. The summed E-state index contributed by atoms with van der Waals surface area (Å²) in [5, 5.41) is 13.7. The van der Waals surface area contributed by atoms with Crippen LogP contribution in [0.5, 0.6) is 0 Å². The molecular weight excluding hydrogens is 410 g/mol. The van der Waals surface area contributed by atoms with Gasteiger partial charge in [-0.05, 0) is 25.5 Å². The predicted octanol–water partition coefficient (Wildman–Crippen LogP) is 4.59. The van der Waals surface area contributed by atoms with Crippen molar-refractivity contribution in [3.05, 3.63) is 64.1 Å². The number of amides is 1. The average molecular weight is 426 g/mol. The number of halogens is 1. The first-order chi connectivity index (χ1) is 14.0. The lowest BCUT2D eigenvalue weighted by Crippen LogP contribution is -2.11. The second kappa shape index (κ2) is 7.98. The van der Waals surface area contributed by atoms with Crippen molar-refractivity contribution in [1.29, 1.82) is 0 Å². The smallest absolute Gasteiger partial charge is 0.267 e. The monoisotopic (exact) mass is 425 g/mol. The summed E-state index contributed by atoms with van der Waals surface area (Å²) in [6.45, 7) is 3.69. The van der Waals surface area contributed by atoms with Gasteiger partial charge >= 0.3 is 0 Å². The van der Waals surface area contributed by atoms with Gasteiger partial charge in [0.15, 0.2) is 5.13 Å². The van der Waals surface area contributed by atoms with Crippen LogP contribution in [0, 0.1) is 13.8 Å². The molecule has 0 aliphatic rings. The Labute approximate surface area is 175 Å². The van der Waals surface area contributed by atoms with E-state index in [4.69, 9.17) is 11.6 Å². The van der Waals surface area contributed by atoms with Crippen molar-refractivity contribution in [1.82, 2.24) is 25.1 Å². The van der Waals surface area contributed by atoms with Crippen LogP contribution in [0.1, 0.15) is 21.1 Å². The van der Waals surface area contributed by atoms with E-state index in [0.717, 1.165) is 16.8 Å². The Balaban J connectivity index is 1.52. The molecule has 0 atom stereocenters. The SMILES string of the molecule is Cc1nc(Nc2ncc(C(=O)Nc3c(C)cccc3Cl)s2)cc(-c2cn[nH]c2)n1. The van der Waals surface area contributed by atoms with Crippen LogP contribution in [0.4, 0.5) is 16.6 Å². The van der Waals surface area contributed by atoms with Gasteiger partial charge in [0, 0.05) is 17.8 Å². The normalized spacial score (nSPS) is 10.7. The third-order valence-electron chi connectivity index (χ3n) is 4.06.